The van der Waals surface area contributed by atoms with Crippen molar-refractivity contribution >= 4 is 23.2 Å². The van der Waals surface area contributed by atoms with E-state index < -0.39 is 0 Å². The third-order valence-electron chi connectivity index (χ3n) is 3.55. The maximum atomic E-state index is 12.1. The van der Waals surface area contributed by atoms with Crippen molar-refractivity contribution in [2.75, 3.05) is 5.32 Å². The summed E-state index contributed by atoms with van der Waals surface area (Å²) in [4.78, 5) is 12.1. The van der Waals surface area contributed by atoms with E-state index in [1.807, 2.05) is 55.5 Å². The van der Waals surface area contributed by atoms with Crippen molar-refractivity contribution in [2.45, 2.75) is 32.9 Å². The maximum absolute atomic E-state index is 12.1. The highest BCUT2D eigenvalue weighted by Gasteiger charge is 2.12. The lowest BCUT2D eigenvalue weighted by Gasteiger charge is -2.14. The molecule has 0 aliphatic carbocycles. The van der Waals surface area contributed by atoms with Crippen molar-refractivity contribution in [2.24, 2.45) is 0 Å². The van der Waals surface area contributed by atoms with Crippen LogP contribution in [0.1, 0.15) is 25.0 Å². The molecule has 2 aromatic rings. The Labute approximate surface area is 136 Å². The molecule has 2 rings (SSSR count). The van der Waals surface area contributed by atoms with Gasteiger partial charge >= 0.3 is 0 Å². The predicted octanol–water partition coefficient (Wildman–Crippen LogP) is 4.02. The molecule has 1 atom stereocenters. The Bertz CT molecular complexity index is 608. The van der Waals surface area contributed by atoms with Crippen LogP contribution in [0.25, 0.3) is 0 Å². The average Bonchev–Trinajstić information content (AvgIpc) is 2.54. The number of nitrogens with one attached hydrogen (secondary N) is 2. The summed E-state index contributed by atoms with van der Waals surface area (Å²) in [5.74, 6) is -0.0433. The Balaban J connectivity index is 1.84. The lowest BCUT2D eigenvalue weighted by Crippen LogP contribution is -2.37. The second kappa shape index (κ2) is 7.97. The standard InChI is InChI=1S/C18H21ClN2O/c1-3-14-6-10-17(11-7-14)21-18(22)13(2)20-12-15-4-8-16(19)9-5-15/h4-11,13,20H,3,12H2,1-2H3,(H,21,22). The number of anilines is 1. The molecular weight excluding hydrogens is 296 g/mol. The maximum Gasteiger partial charge on any atom is 0.241 e. The van der Waals surface area contributed by atoms with Gasteiger partial charge in [-0.2, -0.15) is 0 Å². The molecule has 0 bridgehead atoms. The van der Waals surface area contributed by atoms with Crippen LogP contribution in [0.15, 0.2) is 48.5 Å². The zero-order valence-corrected chi connectivity index (χ0v) is 13.7. The number of aryl methyl sites for hydroxylation is 1. The highest BCUT2D eigenvalue weighted by atomic mass is 35.5. The average molecular weight is 317 g/mol. The lowest BCUT2D eigenvalue weighted by atomic mass is 10.1. The third kappa shape index (κ3) is 4.86. The lowest BCUT2D eigenvalue weighted by molar-refractivity contribution is -0.117. The minimum Gasteiger partial charge on any atom is -0.325 e. The molecule has 0 saturated heterocycles. The molecule has 3 nitrogen and oxygen atoms in total. The molecule has 0 saturated carbocycles. The molecule has 1 unspecified atom stereocenters. The number of hydrogen-bond donors (Lipinski definition) is 2. The first-order chi connectivity index (χ1) is 10.6. The molecule has 0 fully saturated rings. The molecule has 1 amide bonds. The van der Waals surface area contributed by atoms with Gasteiger partial charge in [-0.1, -0.05) is 42.8 Å². The fourth-order valence-electron chi connectivity index (χ4n) is 2.04. The van der Waals surface area contributed by atoms with E-state index >= 15 is 0 Å². The van der Waals surface area contributed by atoms with E-state index in [4.69, 9.17) is 11.6 Å². The smallest absolute Gasteiger partial charge is 0.241 e. The van der Waals surface area contributed by atoms with Crippen LogP contribution in [0.3, 0.4) is 0 Å². The molecule has 0 aliphatic rings. The van der Waals surface area contributed by atoms with E-state index in [0.717, 1.165) is 17.7 Å². The highest BCUT2D eigenvalue weighted by molar-refractivity contribution is 6.30. The Hall–Kier alpha value is -1.84. The van der Waals surface area contributed by atoms with Crippen molar-refractivity contribution < 1.29 is 4.79 Å². The van der Waals surface area contributed by atoms with E-state index in [9.17, 15) is 4.79 Å². The highest BCUT2D eigenvalue weighted by Crippen LogP contribution is 2.11. The summed E-state index contributed by atoms with van der Waals surface area (Å²) in [5, 5.41) is 6.83. The summed E-state index contributed by atoms with van der Waals surface area (Å²) in [5.41, 5.74) is 3.17. The van der Waals surface area contributed by atoms with Gasteiger partial charge in [0.1, 0.15) is 0 Å². The van der Waals surface area contributed by atoms with Crippen LogP contribution in [0.5, 0.6) is 0 Å². The molecule has 2 aromatic carbocycles. The second-order valence-electron chi connectivity index (χ2n) is 5.27. The van der Waals surface area contributed by atoms with Gasteiger partial charge < -0.3 is 10.6 Å². The van der Waals surface area contributed by atoms with Gasteiger partial charge in [0.15, 0.2) is 0 Å². The predicted molar refractivity (Wildman–Crippen MR) is 92.2 cm³/mol. The summed E-state index contributed by atoms with van der Waals surface area (Å²) in [7, 11) is 0. The second-order valence-corrected chi connectivity index (χ2v) is 5.71. The minimum absolute atomic E-state index is 0.0433. The van der Waals surface area contributed by atoms with Crippen LogP contribution in [-0.2, 0) is 17.8 Å². The van der Waals surface area contributed by atoms with Crippen molar-refractivity contribution in [1.82, 2.24) is 5.32 Å². The van der Waals surface area contributed by atoms with Gasteiger partial charge in [-0.3, -0.25) is 4.79 Å². The number of carbonyl (C=O) groups is 1. The van der Waals surface area contributed by atoms with Gasteiger partial charge in [0.25, 0.3) is 0 Å². The molecule has 0 aromatic heterocycles. The number of hydrogen-bond acceptors (Lipinski definition) is 2. The molecule has 0 heterocycles. The SMILES string of the molecule is CCc1ccc(NC(=O)C(C)NCc2ccc(Cl)cc2)cc1. The topological polar surface area (TPSA) is 41.1 Å². The van der Waals surface area contributed by atoms with Gasteiger partial charge in [0.2, 0.25) is 5.91 Å². The molecular formula is C18H21ClN2O. The molecule has 2 N–H and O–H groups in total. The number of amides is 1. The minimum atomic E-state index is -0.276. The summed E-state index contributed by atoms with van der Waals surface area (Å²) in [6, 6.07) is 15.2. The van der Waals surface area contributed by atoms with Crippen LogP contribution in [0.4, 0.5) is 5.69 Å². The van der Waals surface area contributed by atoms with Crippen molar-refractivity contribution in [1.29, 1.82) is 0 Å². The van der Waals surface area contributed by atoms with E-state index in [0.29, 0.717) is 11.6 Å². The Morgan fingerprint density at radius 1 is 1.05 bits per heavy atom. The van der Waals surface area contributed by atoms with Crippen molar-refractivity contribution in [3.63, 3.8) is 0 Å². The number of carbonyl (C=O) groups excluding carboxylic acids is 1. The van der Waals surface area contributed by atoms with E-state index in [2.05, 4.69) is 17.6 Å². The van der Waals surface area contributed by atoms with Crippen molar-refractivity contribution in [3.05, 3.63) is 64.7 Å². The van der Waals surface area contributed by atoms with Crippen LogP contribution in [0.2, 0.25) is 5.02 Å². The molecule has 0 spiro atoms. The number of benzene rings is 2. The van der Waals surface area contributed by atoms with Crippen molar-refractivity contribution in [3.8, 4) is 0 Å². The number of halogens is 1. The van der Waals surface area contributed by atoms with Crippen LogP contribution in [-0.4, -0.2) is 11.9 Å². The summed E-state index contributed by atoms with van der Waals surface area (Å²) >= 11 is 5.85. The fraction of sp³-hybridized carbons (Fsp3) is 0.278. The Morgan fingerprint density at radius 2 is 1.64 bits per heavy atom. The van der Waals surface area contributed by atoms with E-state index in [1.54, 1.807) is 0 Å². The van der Waals surface area contributed by atoms with Gasteiger partial charge in [-0.15, -0.1) is 0 Å². The fourth-order valence-corrected chi connectivity index (χ4v) is 2.17. The largest absolute Gasteiger partial charge is 0.325 e. The van der Waals surface area contributed by atoms with E-state index in [-0.39, 0.29) is 11.9 Å². The molecule has 0 radical (unpaired) electrons. The van der Waals surface area contributed by atoms with E-state index in [1.165, 1.54) is 5.56 Å². The van der Waals surface area contributed by atoms with Crippen LogP contribution in [0, 0.1) is 0 Å². The first-order valence-electron chi connectivity index (χ1n) is 7.46. The Morgan fingerprint density at radius 3 is 2.23 bits per heavy atom. The normalized spacial score (nSPS) is 12.0. The zero-order valence-electron chi connectivity index (χ0n) is 12.9. The van der Waals surface area contributed by atoms with Gasteiger partial charge in [-0.05, 0) is 48.7 Å². The quantitative estimate of drug-likeness (QED) is 0.845. The Kier molecular flexibility index (Phi) is 5.99. The molecule has 4 heteroatoms. The van der Waals surface area contributed by atoms with Gasteiger partial charge in [0, 0.05) is 17.3 Å². The third-order valence-corrected chi connectivity index (χ3v) is 3.80. The first-order valence-corrected chi connectivity index (χ1v) is 7.84. The molecule has 0 aliphatic heterocycles. The zero-order chi connectivity index (χ0) is 15.9. The van der Waals surface area contributed by atoms with Crippen LogP contribution >= 0.6 is 11.6 Å². The monoisotopic (exact) mass is 316 g/mol. The number of rotatable bonds is 6. The van der Waals surface area contributed by atoms with Gasteiger partial charge in [0.05, 0.1) is 6.04 Å². The first kappa shape index (κ1) is 16.5. The van der Waals surface area contributed by atoms with Crippen LogP contribution < -0.4 is 10.6 Å². The summed E-state index contributed by atoms with van der Waals surface area (Å²) in [6.07, 6.45) is 0.993. The molecule has 116 valence electrons. The van der Waals surface area contributed by atoms with Gasteiger partial charge in [-0.25, -0.2) is 0 Å². The molecule has 22 heavy (non-hydrogen) atoms. The summed E-state index contributed by atoms with van der Waals surface area (Å²) in [6.45, 7) is 4.59. The summed E-state index contributed by atoms with van der Waals surface area (Å²) < 4.78 is 0.